The van der Waals surface area contributed by atoms with Crippen LogP contribution in [0.1, 0.15) is 34.6 Å². The third-order valence-corrected chi connectivity index (χ3v) is 4.10. The molecule has 1 amide bonds. The number of alkyl carbamates (subject to hydrolysis) is 1. The molecule has 3 N–H and O–H groups in total. The second-order valence-electron chi connectivity index (χ2n) is 7.76. The van der Waals surface area contributed by atoms with Crippen molar-refractivity contribution >= 4 is 12.1 Å². The van der Waals surface area contributed by atoms with Crippen LogP contribution in [0.2, 0.25) is 0 Å². The maximum absolute atomic E-state index is 11.6. The van der Waals surface area contributed by atoms with Gasteiger partial charge in [-0.2, -0.15) is 0 Å². The van der Waals surface area contributed by atoms with Gasteiger partial charge in [-0.15, -0.1) is 0 Å². The maximum atomic E-state index is 11.6. The Morgan fingerprint density at radius 2 is 1.73 bits per heavy atom. The summed E-state index contributed by atoms with van der Waals surface area (Å²) < 4.78 is 5.21. The number of carbonyl (C=O) groups excluding carboxylic acids is 1. The highest BCUT2D eigenvalue weighted by Crippen LogP contribution is 2.06. The second kappa shape index (κ2) is 11.2. The number of hydrogen-bond acceptors (Lipinski definition) is 5. The Balaban J connectivity index is 2.33. The number of piperazine rings is 1. The van der Waals surface area contributed by atoms with Gasteiger partial charge in [-0.3, -0.25) is 9.89 Å². The van der Waals surface area contributed by atoms with E-state index in [1.54, 1.807) is 0 Å². The molecule has 1 saturated heterocycles. The van der Waals surface area contributed by atoms with E-state index in [0.29, 0.717) is 19.1 Å². The largest absolute Gasteiger partial charge is 0.444 e. The SMILES string of the molecule is CCNC(=NCC(C)N1CCN(C)CC1)NCCNC(=O)OC(C)(C)C. The first kappa shape index (κ1) is 22.5. The molecular weight excluding hydrogens is 332 g/mol. The number of carbonyl (C=O) groups is 1. The molecule has 0 radical (unpaired) electrons. The van der Waals surface area contributed by atoms with E-state index >= 15 is 0 Å². The van der Waals surface area contributed by atoms with Crippen LogP contribution in [0, 0.1) is 0 Å². The molecule has 8 heteroatoms. The molecule has 0 aliphatic carbocycles. The van der Waals surface area contributed by atoms with Crippen molar-refractivity contribution in [2.24, 2.45) is 4.99 Å². The van der Waals surface area contributed by atoms with Gasteiger partial charge in [0.1, 0.15) is 5.60 Å². The third-order valence-electron chi connectivity index (χ3n) is 4.10. The molecule has 8 nitrogen and oxygen atoms in total. The van der Waals surface area contributed by atoms with E-state index in [4.69, 9.17) is 4.74 Å². The predicted molar refractivity (Wildman–Crippen MR) is 107 cm³/mol. The first-order valence-electron chi connectivity index (χ1n) is 9.63. The summed E-state index contributed by atoms with van der Waals surface area (Å²) >= 11 is 0. The van der Waals surface area contributed by atoms with E-state index in [-0.39, 0.29) is 0 Å². The van der Waals surface area contributed by atoms with Gasteiger partial charge in [-0.25, -0.2) is 4.79 Å². The summed E-state index contributed by atoms with van der Waals surface area (Å²) in [5.41, 5.74) is -0.479. The fourth-order valence-electron chi connectivity index (χ4n) is 2.60. The summed E-state index contributed by atoms with van der Waals surface area (Å²) in [6.45, 7) is 16.8. The van der Waals surface area contributed by atoms with Gasteiger partial charge in [0.05, 0.1) is 6.54 Å². The summed E-state index contributed by atoms with van der Waals surface area (Å²) in [5.74, 6) is 0.777. The zero-order valence-corrected chi connectivity index (χ0v) is 17.4. The number of guanidine groups is 1. The summed E-state index contributed by atoms with van der Waals surface area (Å²) in [6, 6.07) is 0.416. The van der Waals surface area contributed by atoms with Crippen molar-refractivity contribution in [3.05, 3.63) is 0 Å². The minimum absolute atomic E-state index is 0.398. The Hall–Kier alpha value is -1.54. The minimum Gasteiger partial charge on any atom is -0.444 e. The van der Waals surface area contributed by atoms with E-state index in [0.717, 1.165) is 45.2 Å². The van der Waals surface area contributed by atoms with E-state index in [1.807, 2.05) is 27.7 Å². The first-order valence-corrected chi connectivity index (χ1v) is 9.63. The third kappa shape index (κ3) is 9.82. The van der Waals surface area contributed by atoms with E-state index in [2.05, 4.69) is 44.7 Å². The van der Waals surface area contributed by atoms with Crippen LogP contribution in [-0.2, 0) is 4.74 Å². The van der Waals surface area contributed by atoms with E-state index in [9.17, 15) is 4.79 Å². The topological polar surface area (TPSA) is 81.2 Å². The summed E-state index contributed by atoms with van der Waals surface area (Å²) in [5, 5.41) is 9.23. The molecule has 0 aromatic rings. The van der Waals surface area contributed by atoms with Gasteiger partial charge in [0.25, 0.3) is 0 Å². The van der Waals surface area contributed by atoms with Crippen molar-refractivity contribution in [3.63, 3.8) is 0 Å². The van der Waals surface area contributed by atoms with Gasteiger partial charge < -0.3 is 25.6 Å². The quantitative estimate of drug-likeness (QED) is 0.348. The summed E-state index contributed by atoms with van der Waals surface area (Å²) in [4.78, 5) is 21.1. The molecule has 0 spiro atoms. The van der Waals surface area contributed by atoms with Crippen LogP contribution in [0.4, 0.5) is 4.79 Å². The van der Waals surface area contributed by atoms with E-state index in [1.165, 1.54) is 0 Å². The highest BCUT2D eigenvalue weighted by molar-refractivity contribution is 5.79. The summed E-state index contributed by atoms with van der Waals surface area (Å²) in [7, 11) is 2.17. The van der Waals surface area contributed by atoms with Crippen molar-refractivity contribution in [1.29, 1.82) is 0 Å². The predicted octanol–water partition coefficient (Wildman–Crippen LogP) is 0.702. The molecule has 26 heavy (non-hydrogen) atoms. The van der Waals surface area contributed by atoms with Crippen molar-refractivity contribution < 1.29 is 9.53 Å². The van der Waals surface area contributed by atoms with Crippen LogP contribution < -0.4 is 16.0 Å². The monoisotopic (exact) mass is 370 g/mol. The number of rotatable bonds is 7. The van der Waals surface area contributed by atoms with Gasteiger partial charge in [0.15, 0.2) is 5.96 Å². The number of ether oxygens (including phenoxy) is 1. The van der Waals surface area contributed by atoms with Crippen molar-refractivity contribution in [3.8, 4) is 0 Å². The Morgan fingerprint density at radius 3 is 2.31 bits per heavy atom. The molecule has 0 aromatic carbocycles. The van der Waals surface area contributed by atoms with Crippen molar-refractivity contribution in [2.75, 3.05) is 59.4 Å². The molecule has 152 valence electrons. The zero-order valence-electron chi connectivity index (χ0n) is 17.4. The number of nitrogens with zero attached hydrogens (tertiary/aromatic N) is 3. The molecule has 0 saturated carbocycles. The van der Waals surface area contributed by atoms with Gasteiger partial charge in [-0.1, -0.05) is 0 Å². The standard InChI is InChI=1S/C18H38N6O2/c1-7-19-16(20-8-9-21-17(25)26-18(3,4)5)22-14-15(2)24-12-10-23(6)11-13-24/h15H,7-14H2,1-6H3,(H,21,25)(H2,19,20,22). The average Bonchev–Trinajstić information content (AvgIpc) is 2.55. The number of likely N-dealkylation sites (N-methyl/N-ethyl adjacent to an activating group) is 1. The molecule has 1 rings (SSSR count). The Bertz CT molecular complexity index is 441. The van der Waals surface area contributed by atoms with Crippen LogP contribution in [0.3, 0.4) is 0 Å². The maximum Gasteiger partial charge on any atom is 0.407 e. The molecule has 1 fully saturated rings. The summed E-state index contributed by atoms with van der Waals surface area (Å²) in [6.07, 6.45) is -0.398. The lowest BCUT2D eigenvalue weighted by Gasteiger charge is -2.35. The molecule has 1 heterocycles. The second-order valence-corrected chi connectivity index (χ2v) is 7.76. The van der Waals surface area contributed by atoms with Crippen LogP contribution in [0.25, 0.3) is 0 Å². The fraction of sp³-hybridized carbons (Fsp3) is 0.889. The molecule has 1 unspecified atom stereocenters. The lowest BCUT2D eigenvalue weighted by molar-refractivity contribution is 0.0529. The molecule has 0 bridgehead atoms. The van der Waals surface area contributed by atoms with Crippen molar-refractivity contribution in [2.45, 2.75) is 46.3 Å². The number of aliphatic imine (C=N–C) groups is 1. The van der Waals surface area contributed by atoms with Gasteiger partial charge >= 0.3 is 6.09 Å². The molecule has 0 aromatic heterocycles. The molecular formula is C18H38N6O2. The normalized spacial score (nSPS) is 18.3. The highest BCUT2D eigenvalue weighted by atomic mass is 16.6. The Morgan fingerprint density at radius 1 is 1.12 bits per heavy atom. The Kier molecular flexibility index (Phi) is 9.72. The smallest absolute Gasteiger partial charge is 0.407 e. The van der Waals surface area contributed by atoms with Crippen LogP contribution in [-0.4, -0.2) is 92.9 Å². The van der Waals surface area contributed by atoms with Gasteiger partial charge in [0, 0.05) is 51.9 Å². The molecule has 1 atom stereocenters. The van der Waals surface area contributed by atoms with Gasteiger partial charge in [0.2, 0.25) is 0 Å². The number of hydrogen-bond donors (Lipinski definition) is 3. The van der Waals surface area contributed by atoms with Gasteiger partial charge in [-0.05, 0) is 41.7 Å². The lowest BCUT2D eigenvalue weighted by Crippen LogP contribution is -2.49. The molecule has 1 aliphatic heterocycles. The first-order chi connectivity index (χ1) is 12.2. The highest BCUT2D eigenvalue weighted by Gasteiger charge is 2.19. The van der Waals surface area contributed by atoms with Crippen LogP contribution in [0.5, 0.6) is 0 Å². The van der Waals surface area contributed by atoms with Crippen LogP contribution >= 0.6 is 0 Å². The number of nitrogens with one attached hydrogen (secondary N) is 3. The zero-order chi connectivity index (χ0) is 19.6. The van der Waals surface area contributed by atoms with Crippen LogP contribution in [0.15, 0.2) is 4.99 Å². The Labute approximate surface area is 158 Å². The number of amides is 1. The lowest BCUT2D eigenvalue weighted by atomic mass is 10.2. The van der Waals surface area contributed by atoms with E-state index < -0.39 is 11.7 Å². The fourth-order valence-corrected chi connectivity index (χ4v) is 2.60. The molecule has 1 aliphatic rings. The van der Waals surface area contributed by atoms with Crippen molar-refractivity contribution in [1.82, 2.24) is 25.8 Å². The minimum atomic E-state index is -0.479. The average molecular weight is 371 g/mol.